The first-order valence-corrected chi connectivity index (χ1v) is 8.97. The van der Waals surface area contributed by atoms with Gasteiger partial charge in [0.05, 0.1) is 18.7 Å². The average molecular weight is 358 g/mol. The van der Waals surface area contributed by atoms with E-state index in [2.05, 4.69) is 20.6 Å². The quantitative estimate of drug-likeness (QED) is 0.846. The molecule has 2 aromatic heterocycles. The van der Waals surface area contributed by atoms with Crippen LogP contribution in [0.15, 0.2) is 18.2 Å². The highest BCUT2D eigenvalue weighted by Gasteiger charge is 2.22. The van der Waals surface area contributed by atoms with E-state index in [4.69, 9.17) is 4.74 Å². The van der Waals surface area contributed by atoms with Crippen LogP contribution >= 0.6 is 0 Å². The van der Waals surface area contributed by atoms with Crippen LogP contribution in [0.1, 0.15) is 30.7 Å². The Hall–Kier alpha value is -2.48. The molecule has 0 saturated carbocycles. The largest absolute Gasteiger partial charge is 0.384 e. The number of aryl methyl sites for hydroxylation is 2. The van der Waals surface area contributed by atoms with Crippen molar-refractivity contribution >= 4 is 11.7 Å². The summed E-state index contributed by atoms with van der Waals surface area (Å²) in [6.45, 7) is 5.96. The van der Waals surface area contributed by atoms with Gasteiger partial charge in [-0.15, -0.1) is 10.2 Å². The molecule has 2 aromatic rings. The summed E-state index contributed by atoms with van der Waals surface area (Å²) in [6, 6.07) is 6.15. The topological polar surface area (TPSA) is 85.2 Å². The highest BCUT2D eigenvalue weighted by Crippen LogP contribution is 2.17. The van der Waals surface area contributed by atoms with E-state index in [1.807, 2.05) is 36.9 Å². The molecule has 1 aliphatic heterocycles. The number of nitrogens with one attached hydrogen (secondary N) is 1. The Balaban J connectivity index is 1.53. The van der Waals surface area contributed by atoms with Gasteiger partial charge in [0.25, 0.3) is 0 Å². The van der Waals surface area contributed by atoms with Gasteiger partial charge in [-0.25, -0.2) is 4.68 Å². The maximum atomic E-state index is 12.0. The molecule has 1 fully saturated rings. The van der Waals surface area contributed by atoms with Crippen LogP contribution in [0, 0.1) is 13.8 Å². The van der Waals surface area contributed by atoms with Gasteiger partial charge in [-0.05, 0) is 44.9 Å². The van der Waals surface area contributed by atoms with Crippen LogP contribution in [0.25, 0.3) is 5.82 Å². The van der Waals surface area contributed by atoms with Gasteiger partial charge in [-0.2, -0.15) is 5.10 Å². The van der Waals surface area contributed by atoms with Crippen LogP contribution in [-0.4, -0.2) is 63.6 Å². The molecule has 0 aliphatic carbocycles. The smallest absolute Gasteiger partial charge is 0.224 e. The van der Waals surface area contributed by atoms with E-state index >= 15 is 0 Å². The predicted octanol–water partition coefficient (Wildman–Crippen LogP) is 1.72. The molecule has 1 N–H and O–H groups in total. The fourth-order valence-corrected chi connectivity index (χ4v) is 3.21. The van der Waals surface area contributed by atoms with Gasteiger partial charge in [-0.1, -0.05) is 0 Å². The zero-order valence-electron chi connectivity index (χ0n) is 15.6. The van der Waals surface area contributed by atoms with Gasteiger partial charge < -0.3 is 15.0 Å². The molecule has 0 radical (unpaired) electrons. The summed E-state index contributed by atoms with van der Waals surface area (Å²) in [5.41, 5.74) is 1.99. The summed E-state index contributed by atoms with van der Waals surface area (Å²) < 4.78 is 6.76. The summed E-state index contributed by atoms with van der Waals surface area (Å²) in [5, 5.41) is 16.4. The molecule has 0 unspecified atom stereocenters. The van der Waals surface area contributed by atoms with Gasteiger partial charge in [0.15, 0.2) is 5.82 Å². The van der Waals surface area contributed by atoms with Crippen LogP contribution in [0.4, 0.5) is 5.82 Å². The lowest BCUT2D eigenvalue weighted by molar-refractivity contribution is -0.133. The molecule has 1 aliphatic rings. The lowest BCUT2D eigenvalue weighted by atomic mass is 10.0. The zero-order valence-corrected chi connectivity index (χ0v) is 15.6. The molecular weight excluding hydrogens is 332 g/mol. The second-order valence-electron chi connectivity index (χ2n) is 6.66. The number of piperidine rings is 1. The van der Waals surface area contributed by atoms with Crippen LogP contribution in [0.2, 0.25) is 0 Å². The molecule has 1 saturated heterocycles. The highest BCUT2D eigenvalue weighted by molar-refractivity contribution is 5.76. The van der Waals surface area contributed by atoms with Crippen molar-refractivity contribution < 1.29 is 9.53 Å². The minimum atomic E-state index is 0.166. The number of nitrogens with zero attached hydrogens (tertiary/aromatic N) is 5. The molecule has 1 amide bonds. The van der Waals surface area contributed by atoms with Crippen molar-refractivity contribution in [2.45, 2.75) is 39.2 Å². The average Bonchev–Trinajstić information content (AvgIpc) is 2.99. The van der Waals surface area contributed by atoms with Gasteiger partial charge in [0.2, 0.25) is 5.91 Å². The lowest BCUT2D eigenvalue weighted by Crippen LogP contribution is -2.42. The summed E-state index contributed by atoms with van der Waals surface area (Å²) in [6.07, 6.45) is 2.26. The summed E-state index contributed by atoms with van der Waals surface area (Å²) in [7, 11) is 1.62. The third kappa shape index (κ3) is 4.37. The Morgan fingerprint density at radius 1 is 1.27 bits per heavy atom. The maximum absolute atomic E-state index is 12.0. The van der Waals surface area contributed by atoms with E-state index in [1.54, 1.807) is 11.8 Å². The molecule has 26 heavy (non-hydrogen) atoms. The molecular formula is C18H26N6O2. The van der Waals surface area contributed by atoms with Crippen molar-refractivity contribution in [2.24, 2.45) is 0 Å². The third-order valence-electron chi connectivity index (χ3n) is 4.60. The number of methoxy groups -OCH3 is 1. The van der Waals surface area contributed by atoms with E-state index < -0.39 is 0 Å². The standard InChI is InChI=1S/C18H26N6O2/c1-13-12-14(2)24(22-13)17-5-4-16(20-21-17)19-15-6-9-23(10-7-15)18(25)8-11-26-3/h4-5,12,15H,6-11H2,1-3H3,(H,19,20). The Bertz CT molecular complexity index is 735. The molecule has 3 heterocycles. The number of aromatic nitrogens is 4. The van der Waals surface area contributed by atoms with Gasteiger partial charge in [-0.3, -0.25) is 4.79 Å². The van der Waals surface area contributed by atoms with Crippen molar-refractivity contribution in [1.82, 2.24) is 24.9 Å². The second kappa shape index (κ2) is 8.27. The first-order chi connectivity index (χ1) is 12.6. The number of anilines is 1. The van der Waals surface area contributed by atoms with E-state index in [1.165, 1.54) is 0 Å². The van der Waals surface area contributed by atoms with E-state index in [-0.39, 0.29) is 5.91 Å². The molecule has 140 valence electrons. The molecule has 3 rings (SSSR count). The van der Waals surface area contributed by atoms with Gasteiger partial charge in [0.1, 0.15) is 5.82 Å². The minimum Gasteiger partial charge on any atom is -0.384 e. The highest BCUT2D eigenvalue weighted by atomic mass is 16.5. The van der Waals surface area contributed by atoms with E-state index in [9.17, 15) is 4.79 Å². The number of likely N-dealkylation sites (tertiary alicyclic amines) is 1. The van der Waals surface area contributed by atoms with Crippen molar-refractivity contribution in [1.29, 1.82) is 0 Å². The SMILES string of the molecule is COCCC(=O)N1CCC(Nc2ccc(-n3nc(C)cc3C)nn2)CC1. The Labute approximate surface area is 153 Å². The zero-order chi connectivity index (χ0) is 18.5. The number of ether oxygens (including phenoxy) is 1. The number of hydrogen-bond donors (Lipinski definition) is 1. The van der Waals surface area contributed by atoms with E-state index in [0.29, 0.717) is 24.9 Å². The molecule has 0 atom stereocenters. The first-order valence-electron chi connectivity index (χ1n) is 8.97. The Morgan fingerprint density at radius 3 is 2.62 bits per heavy atom. The number of hydrogen-bond acceptors (Lipinski definition) is 6. The monoisotopic (exact) mass is 358 g/mol. The minimum absolute atomic E-state index is 0.166. The third-order valence-corrected chi connectivity index (χ3v) is 4.60. The first kappa shape index (κ1) is 18.3. The van der Waals surface area contributed by atoms with Crippen LogP contribution in [0.5, 0.6) is 0 Å². The Morgan fingerprint density at radius 2 is 2.04 bits per heavy atom. The van der Waals surface area contributed by atoms with Crippen molar-refractivity contribution in [3.63, 3.8) is 0 Å². The molecule has 0 spiro atoms. The lowest BCUT2D eigenvalue weighted by Gasteiger charge is -2.32. The number of rotatable bonds is 6. The fourth-order valence-electron chi connectivity index (χ4n) is 3.21. The molecule has 8 nitrogen and oxygen atoms in total. The van der Waals surface area contributed by atoms with Gasteiger partial charge in [0, 0.05) is 31.9 Å². The fraction of sp³-hybridized carbons (Fsp3) is 0.556. The number of carbonyl (C=O) groups is 1. The van der Waals surface area contributed by atoms with Crippen molar-refractivity contribution in [2.75, 3.05) is 32.1 Å². The summed E-state index contributed by atoms with van der Waals surface area (Å²) in [4.78, 5) is 13.9. The second-order valence-corrected chi connectivity index (χ2v) is 6.66. The van der Waals surface area contributed by atoms with Crippen molar-refractivity contribution in [3.05, 3.63) is 29.6 Å². The number of carbonyl (C=O) groups excluding carboxylic acids is 1. The Kier molecular flexibility index (Phi) is 5.82. The molecule has 0 bridgehead atoms. The maximum Gasteiger partial charge on any atom is 0.224 e. The summed E-state index contributed by atoms with van der Waals surface area (Å²) in [5.74, 6) is 1.62. The van der Waals surface area contributed by atoms with Crippen LogP contribution in [0.3, 0.4) is 0 Å². The summed E-state index contributed by atoms with van der Waals surface area (Å²) >= 11 is 0. The molecule has 0 aromatic carbocycles. The van der Waals surface area contributed by atoms with Crippen LogP contribution < -0.4 is 5.32 Å². The number of amides is 1. The van der Waals surface area contributed by atoms with E-state index in [0.717, 1.165) is 43.1 Å². The normalized spacial score (nSPS) is 15.3. The van der Waals surface area contributed by atoms with Crippen LogP contribution in [-0.2, 0) is 9.53 Å². The van der Waals surface area contributed by atoms with Crippen molar-refractivity contribution in [3.8, 4) is 5.82 Å². The van der Waals surface area contributed by atoms with Gasteiger partial charge >= 0.3 is 0 Å². The molecule has 8 heteroatoms. The predicted molar refractivity (Wildman–Crippen MR) is 98.3 cm³/mol.